The van der Waals surface area contributed by atoms with E-state index in [9.17, 15) is 9.59 Å². The van der Waals surface area contributed by atoms with Gasteiger partial charge in [-0.15, -0.1) is 11.3 Å². The Kier molecular flexibility index (Phi) is 4.21. The van der Waals surface area contributed by atoms with Crippen molar-refractivity contribution in [1.29, 1.82) is 0 Å². The standard InChI is InChI=1S/C13H17NO4S/c1-7-8(2)19-12(10(7)13(16)17-3)14-11(15)9-4-5-18-6-9/h9H,4-6H2,1-3H3,(H,14,15). The van der Waals surface area contributed by atoms with Gasteiger partial charge in [-0.2, -0.15) is 0 Å². The van der Waals surface area contributed by atoms with Crippen LogP contribution in [0.3, 0.4) is 0 Å². The number of nitrogens with one attached hydrogen (secondary N) is 1. The third-order valence-electron chi connectivity index (χ3n) is 3.31. The van der Waals surface area contributed by atoms with Crippen LogP contribution in [0.4, 0.5) is 5.00 Å². The third kappa shape index (κ3) is 2.79. The van der Waals surface area contributed by atoms with E-state index < -0.39 is 5.97 Å². The van der Waals surface area contributed by atoms with E-state index in [2.05, 4.69) is 5.32 Å². The summed E-state index contributed by atoms with van der Waals surface area (Å²) in [5, 5.41) is 3.40. The van der Waals surface area contributed by atoms with Crippen LogP contribution in [-0.2, 0) is 14.3 Å². The summed E-state index contributed by atoms with van der Waals surface area (Å²) in [5.41, 5.74) is 1.31. The smallest absolute Gasteiger partial charge is 0.341 e. The Hall–Kier alpha value is -1.40. The minimum Gasteiger partial charge on any atom is -0.465 e. The summed E-state index contributed by atoms with van der Waals surface area (Å²) < 4.78 is 9.96. The molecule has 1 saturated heterocycles. The average molecular weight is 283 g/mol. The van der Waals surface area contributed by atoms with E-state index in [1.54, 1.807) is 0 Å². The Morgan fingerprint density at radius 1 is 1.42 bits per heavy atom. The lowest BCUT2D eigenvalue weighted by Gasteiger charge is -2.09. The number of carbonyl (C=O) groups excluding carboxylic acids is 2. The predicted octanol–water partition coefficient (Wildman–Crippen LogP) is 2.13. The van der Waals surface area contributed by atoms with Gasteiger partial charge in [-0.25, -0.2) is 4.79 Å². The van der Waals surface area contributed by atoms with E-state index in [0.717, 1.165) is 16.9 Å². The summed E-state index contributed by atoms with van der Waals surface area (Å²) in [7, 11) is 1.34. The van der Waals surface area contributed by atoms with Crippen molar-refractivity contribution < 1.29 is 19.1 Å². The molecular formula is C13H17NO4S. The van der Waals surface area contributed by atoms with Gasteiger partial charge in [0.15, 0.2) is 0 Å². The minimum atomic E-state index is -0.417. The molecule has 0 radical (unpaired) electrons. The van der Waals surface area contributed by atoms with Crippen LogP contribution < -0.4 is 5.32 Å². The van der Waals surface area contributed by atoms with Gasteiger partial charge in [0, 0.05) is 11.5 Å². The molecule has 6 heteroatoms. The van der Waals surface area contributed by atoms with Gasteiger partial charge in [0.2, 0.25) is 5.91 Å². The first-order chi connectivity index (χ1) is 9.04. The highest BCUT2D eigenvalue weighted by Gasteiger charge is 2.27. The molecule has 1 aromatic heterocycles. The lowest BCUT2D eigenvalue weighted by molar-refractivity contribution is -0.119. The highest BCUT2D eigenvalue weighted by molar-refractivity contribution is 7.16. The van der Waals surface area contributed by atoms with Crippen LogP contribution in [0.1, 0.15) is 27.2 Å². The van der Waals surface area contributed by atoms with Crippen LogP contribution in [0.25, 0.3) is 0 Å². The Balaban J connectivity index is 2.22. The van der Waals surface area contributed by atoms with Crippen LogP contribution in [0, 0.1) is 19.8 Å². The van der Waals surface area contributed by atoms with Crippen molar-refractivity contribution in [3.05, 3.63) is 16.0 Å². The number of ether oxygens (including phenoxy) is 2. The van der Waals surface area contributed by atoms with E-state index in [-0.39, 0.29) is 11.8 Å². The van der Waals surface area contributed by atoms with Crippen molar-refractivity contribution in [3.63, 3.8) is 0 Å². The number of amides is 1. The number of esters is 1. The van der Waals surface area contributed by atoms with Crippen molar-refractivity contribution in [2.45, 2.75) is 20.3 Å². The van der Waals surface area contributed by atoms with E-state index in [1.807, 2.05) is 13.8 Å². The maximum atomic E-state index is 12.1. The van der Waals surface area contributed by atoms with E-state index in [1.165, 1.54) is 18.4 Å². The van der Waals surface area contributed by atoms with Crippen molar-refractivity contribution in [2.75, 3.05) is 25.6 Å². The van der Waals surface area contributed by atoms with E-state index in [4.69, 9.17) is 9.47 Å². The van der Waals surface area contributed by atoms with E-state index in [0.29, 0.717) is 23.8 Å². The first-order valence-corrected chi connectivity index (χ1v) is 6.93. The first kappa shape index (κ1) is 14.0. The molecule has 1 unspecified atom stereocenters. The minimum absolute atomic E-state index is 0.0936. The molecule has 1 aliphatic heterocycles. The summed E-state index contributed by atoms with van der Waals surface area (Å²) in [5.74, 6) is -0.642. The van der Waals surface area contributed by atoms with Gasteiger partial charge < -0.3 is 14.8 Å². The van der Waals surface area contributed by atoms with Crippen LogP contribution in [0.2, 0.25) is 0 Å². The summed E-state index contributed by atoms with van der Waals surface area (Å²) in [6.45, 7) is 4.83. The molecule has 5 nitrogen and oxygen atoms in total. The van der Waals surface area contributed by atoms with Gasteiger partial charge >= 0.3 is 5.97 Å². The van der Waals surface area contributed by atoms with Crippen LogP contribution >= 0.6 is 11.3 Å². The fraction of sp³-hybridized carbons (Fsp3) is 0.538. The monoisotopic (exact) mass is 283 g/mol. The number of rotatable bonds is 3. The van der Waals surface area contributed by atoms with Gasteiger partial charge in [0.1, 0.15) is 5.00 Å². The van der Waals surface area contributed by atoms with Gasteiger partial charge in [-0.3, -0.25) is 4.79 Å². The number of thiophene rings is 1. The van der Waals surface area contributed by atoms with Crippen LogP contribution in [0.15, 0.2) is 0 Å². The van der Waals surface area contributed by atoms with Crippen LogP contribution in [0.5, 0.6) is 0 Å². The normalized spacial score (nSPS) is 18.4. The molecule has 1 atom stereocenters. The second kappa shape index (κ2) is 5.71. The second-order valence-corrected chi connectivity index (χ2v) is 5.75. The number of anilines is 1. The summed E-state index contributed by atoms with van der Waals surface area (Å²) >= 11 is 1.40. The predicted molar refractivity (Wildman–Crippen MR) is 72.7 cm³/mol. The SMILES string of the molecule is COC(=O)c1c(NC(=O)C2CCOC2)sc(C)c1C. The zero-order valence-corrected chi connectivity index (χ0v) is 12.1. The summed E-state index contributed by atoms with van der Waals surface area (Å²) in [6.07, 6.45) is 0.725. The molecule has 0 aromatic carbocycles. The lowest BCUT2D eigenvalue weighted by atomic mass is 10.1. The topological polar surface area (TPSA) is 64.6 Å². The van der Waals surface area contributed by atoms with Gasteiger partial charge in [-0.1, -0.05) is 0 Å². The molecule has 1 amide bonds. The zero-order valence-electron chi connectivity index (χ0n) is 11.2. The number of hydrogen-bond donors (Lipinski definition) is 1. The number of carbonyl (C=O) groups is 2. The molecule has 2 rings (SSSR count). The summed E-state index contributed by atoms with van der Waals surface area (Å²) in [4.78, 5) is 24.8. The molecule has 2 heterocycles. The van der Waals surface area contributed by atoms with Gasteiger partial charge in [0.05, 0.1) is 25.2 Å². The maximum Gasteiger partial charge on any atom is 0.341 e. The summed E-state index contributed by atoms with van der Waals surface area (Å²) in [6, 6.07) is 0. The quantitative estimate of drug-likeness (QED) is 0.863. The molecule has 19 heavy (non-hydrogen) atoms. The number of hydrogen-bond acceptors (Lipinski definition) is 5. The molecule has 0 aliphatic carbocycles. The van der Waals surface area contributed by atoms with Crippen molar-refractivity contribution in [3.8, 4) is 0 Å². The number of methoxy groups -OCH3 is 1. The molecular weight excluding hydrogens is 266 g/mol. The molecule has 0 saturated carbocycles. The van der Waals surface area contributed by atoms with Crippen molar-refractivity contribution in [1.82, 2.24) is 0 Å². The highest BCUT2D eigenvalue weighted by Crippen LogP contribution is 2.33. The van der Waals surface area contributed by atoms with Crippen molar-refractivity contribution in [2.24, 2.45) is 5.92 Å². The lowest BCUT2D eigenvalue weighted by Crippen LogP contribution is -2.23. The maximum absolute atomic E-state index is 12.1. The molecule has 1 aromatic rings. The molecule has 1 N–H and O–H groups in total. The molecule has 104 valence electrons. The molecule has 0 spiro atoms. The van der Waals surface area contributed by atoms with Gasteiger partial charge in [-0.05, 0) is 25.8 Å². The fourth-order valence-corrected chi connectivity index (χ4v) is 3.07. The molecule has 1 fully saturated rings. The second-order valence-electron chi connectivity index (χ2n) is 4.53. The highest BCUT2D eigenvalue weighted by atomic mass is 32.1. The van der Waals surface area contributed by atoms with E-state index >= 15 is 0 Å². The fourth-order valence-electron chi connectivity index (χ4n) is 2.02. The van der Waals surface area contributed by atoms with Gasteiger partial charge in [0.25, 0.3) is 0 Å². The Morgan fingerprint density at radius 3 is 2.74 bits per heavy atom. The Morgan fingerprint density at radius 2 is 2.16 bits per heavy atom. The zero-order chi connectivity index (χ0) is 14.0. The number of aryl methyl sites for hydroxylation is 1. The Bertz CT molecular complexity index is 503. The largest absolute Gasteiger partial charge is 0.465 e. The Labute approximate surface area is 115 Å². The molecule has 0 bridgehead atoms. The first-order valence-electron chi connectivity index (χ1n) is 6.11. The van der Waals surface area contributed by atoms with Crippen molar-refractivity contribution >= 4 is 28.2 Å². The average Bonchev–Trinajstić information content (AvgIpc) is 2.99. The van der Waals surface area contributed by atoms with Crippen LogP contribution in [-0.4, -0.2) is 32.2 Å². The third-order valence-corrected chi connectivity index (χ3v) is 4.43. The molecule has 1 aliphatic rings.